The summed E-state index contributed by atoms with van der Waals surface area (Å²) >= 11 is 0. The highest BCUT2D eigenvalue weighted by atomic mass is 16.5. The number of likely N-dealkylation sites (tertiary alicyclic amines) is 1. The third kappa shape index (κ3) is 4.40. The van der Waals surface area contributed by atoms with Crippen LogP contribution in [0.25, 0.3) is 11.5 Å². The Morgan fingerprint density at radius 1 is 1.10 bits per heavy atom. The van der Waals surface area contributed by atoms with Gasteiger partial charge in [-0.25, -0.2) is 0 Å². The summed E-state index contributed by atoms with van der Waals surface area (Å²) in [5.41, 5.74) is 3.16. The van der Waals surface area contributed by atoms with E-state index < -0.39 is 0 Å². The second-order valence-electron chi connectivity index (χ2n) is 8.10. The number of rotatable bonds is 7. The lowest BCUT2D eigenvalue weighted by atomic mass is 10.0. The van der Waals surface area contributed by atoms with Crippen molar-refractivity contribution in [3.63, 3.8) is 0 Å². The minimum Gasteiger partial charge on any atom is -0.493 e. The summed E-state index contributed by atoms with van der Waals surface area (Å²) in [5.74, 6) is 2.68. The van der Waals surface area contributed by atoms with Gasteiger partial charge in [0, 0.05) is 31.0 Å². The Labute approximate surface area is 182 Å². The molecule has 162 valence electrons. The first-order valence-electron chi connectivity index (χ1n) is 10.4. The molecule has 1 aliphatic heterocycles. The Morgan fingerprint density at radius 3 is 2.52 bits per heavy atom. The zero-order valence-electron chi connectivity index (χ0n) is 18.3. The molecule has 1 saturated heterocycles. The monoisotopic (exact) mass is 421 g/mol. The molecule has 0 saturated carbocycles. The number of hydrogen-bond donors (Lipinski definition) is 0. The lowest BCUT2D eigenvalue weighted by molar-refractivity contribution is -0.128. The quantitative estimate of drug-likeness (QED) is 0.563. The second kappa shape index (κ2) is 8.79. The van der Waals surface area contributed by atoms with Gasteiger partial charge in [0.05, 0.1) is 14.2 Å². The van der Waals surface area contributed by atoms with Crippen molar-refractivity contribution in [2.24, 2.45) is 0 Å². The van der Waals surface area contributed by atoms with Crippen LogP contribution < -0.4 is 9.47 Å². The van der Waals surface area contributed by atoms with Gasteiger partial charge >= 0.3 is 0 Å². The SMILES string of the molecule is COc1ccc(-c2nc(C3CC(=O)N(Cc4ccc(C(C)C)cc4)C3)no2)cc1OC. The molecule has 0 radical (unpaired) electrons. The van der Waals surface area contributed by atoms with Crippen molar-refractivity contribution in [3.05, 3.63) is 59.4 Å². The topological polar surface area (TPSA) is 77.7 Å². The molecule has 0 bridgehead atoms. The van der Waals surface area contributed by atoms with Gasteiger partial charge in [-0.1, -0.05) is 43.3 Å². The van der Waals surface area contributed by atoms with E-state index in [0.717, 1.165) is 11.1 Å². The first kappa shape index (κ1) is 20.9. The van der Waals surface area contributed by atoms with Crippen LogP contribution in [0.3, 0.4) is 0 Å². The minimum atomic E-state index is -0.0833. The molecule has 1 unspecified atom stereocenters. The maximum absolute atomic E-state index is 12.6. The molecule has 1 atom stereocenters. The van der Waals surface area contributed by atoms with Crippen LogP contribution in [-0.4, -0.2) is 41.7 Å². The van der Waals surface area contributed by atoms with E-state index in [4.69, 9.17) is 14.0 Å². The number of aromatic nitrogens is 2. The molecule has 1 amide bonds. The Bertz CT molecular complexity index is 1060. The zero-order valence-corrected chi connectivity index (χ0v) is 18.3. The zero-order chi connectivity index (χ0) is 22.0. The molecule has 4 rings (SSSR count). The molecule has 0 N–H and O–H groups in total. The third-order valence-corrected chi connectivity index (χ3v) is 5.67. The number of methoxy groups -OCH3 is 2. The molecule has 1 aromatic heterocycles. The van der Waals surface area contributed by atoms with E-state index in [1.807, 2.05) is 11.0 Å². The summed E-state index contributed by atoms with van der Waals surface area (Å²) < 4.78 is 16.1. The summed E-state index contributed by atoms with van der Waals surface area (Å²) in [6.07, 6.45) is 0.384. The molecule has 1 fully saturated rings. The molecular formula is C24H27N3O4. The maximum Gasteiger partial charge on any atom is 0.258 e. The van der Waals surface area contributed by atoms with Crippen molar-refractivity contribution in [3.8, 4) is 23.0 Å². The largest absolute Gasteiger partial charge is 0.493 e. The first-order valence-corrected chi connectivity index (χ1v) is 10.4. The fourth-order valence-corrected chi connectivity index (χ4v) is 3.81. The highest BCUT2D eigenvalue weighted by Gasteiger charge is 2.33. The number of carbonyl (C=O) groups excluding carboxylic acids is 1. The van der Waals surface area contributed by atoms with Crippen LogP contribution in [-0.2, 0) is 11.3 Å². The van der Waals surface area contributed by atoms with E-state index in [1.54, 1.807) is 26.4 Å². The standard InChI is InChI=1S/C24H27N3O4/c1-15(2)17-7-5-16(6-8-17)13-27-14-19(12-22(27)28)23-25-24(31-26-23)18-9-10-20(29-3)21(11-18)30-4/h5-11,15,19H,12-14H2,1-4H3. The fraction of sp³-hybridized carbons (Fsp3) is 0.375. The molecule has 1 aliphatic rings. The molecule has 0 spiro atoms. The molecule has 2 aromatic carbocycles. The van der Waals surface area contributed by atoms with Gasteiger partial charge < -0.3 is 18.9 Å². The van der Waals surface area contributed by atoms with Gasteiger partial charge in [0.25, 0.3) is 5.89 Å². The van der Waals surface area contributed by atoms with E-state index >= 15 is 0 Å². The van der Waals surface area contributed by atoms with Crippen LogP contribution in [0.2, 0.25) is 0 Å². The predicted octanol–water partition coefficient (Wildman–Crippen LogP) is 4.39. The van der Waals surface area contributed by atoms with E-state index in [-0.39, 0.29) is 11.8 Å². The smallest absolute Gasteiger partial charge is 0.258 e. The lowest BCUT2D eigenvalue weighted by Crippen LogP contribution is -2.24. The molecule has 3 aromatic rings. The Balaban J connectivity index is 1.45. The van der Waals surface area contributed by atoms with Crippen LogP contribution in [0.1, 0.15) is 49.1 Å². The molecule has 7 nitrogen and oxygen atoms in total. The highest BCUT2D eigenvalue weighted by Crippen LogP contribution is 2.33. The van der Waals surface area contributed by atoms with Gasteiger partial charge in [-0.2, -0.15) is 4.98 Å². The normalized spacial score (nSPS) is 16.2. The number of nitrogens with zero attached hydrogens (tertiary/aromatic N) is 3. The van der Waals surface area contributed by atoms with Crippen LogP contribution >= 0.6 is 0 Å². The average Bonchev–Trinajstić information content (AvgIpc) is 3.41. The minimum absolute atomic E-state index is 0.0833. The highest BCUT2D eigenvalue weighted by molar-refractivity contribution is 5.79. The summed E-state index contributed by atoms with van der Waals surface area (Å²) in [7, 11) is 3.17. The van der Waals surface area contributed by atoms with Crippen molar-refractivity contribution in [2.45, 2.75) is 38.6 Å². The molecular weight excluding hydrogens is 394 g/mol. The molecule has 2 heterocycles. The first-order chi connectivity index (χ1) is 15.0. The van der Waals surface area contributed by atoms with Gasteiger partial charge in [0.1, 0.15) is 0 Å². The van der Waals surface area contributed by atoms with Crippen molar-refractivity contribution >= 4 is 5.91 Å². The van der Waals surface area contributed by atoms with Gasteiger partial charge in [0.2, 0.25) is 5.91 Å². The summed E-state index contributed by atoms with van der Waals surface area (Å²) in [6.45, 7) is 5.51. The Kier molecular flexibility index (Phi) is 5.93. The van der Waals surface area contributed by atoms with Crippen molar-refractivity contribution in [1.29, 1.82) is 0 Å². The van der Waals surface area contributed by atoms with E-state index in [0.29, 0.717) is 48.6 Å². The third-order valence-electron chi connectivity index (χ3n) is 5.67. The summed E-state index contributed by atoms with van der Waals surface area (Å²) in [5, 5.41) is 4.14. The predicted molar refractivity (Wildman–Crippen MR) is 116 cm³/mol. The number of benzene rings is 2. The molecule has 31 heavy (non-hydrogen) atoms. The number of hydrogen-bond acceptors (Lipinski definition) is 6. The van der Waals surface area contributed by atoms with Gasteiger partial charge in [-0.05, 0) is 35.2 Å². The van der Waals surface area contributed by atoms with Crippen LogP contribution in [0.4, 0.5) is 0 Å². The fourth-order valence-electron chi connectivity index (χ4n) is 3.81. The summed E-state index contributed by atoms with van der Waals surface area (Å²) in [4.78, 5) is 19.0. The van der Waals surface area contributed by atoms with E-state index in [2.05, 4.69) is 48.3 Å². The number of amides is 1. The molecule has 7 heteroatoms. The van der Waals surface area contributed by atoms with Crippen molar-refractivity contribution in [2.75, 3.05) is 20.8 Å². The summed E-state index contributed by atoms with van der Waals surface area (Å²) in [6, 6.07) is 13.9. The van der Waals surface area contributed by atoms with Crippen molar-refractivity contribution in [1.82, 2.24) is 15.0 Å². The van der Waals surface area contributed by atoms with Crippen LogP contribution in [0.15, 0.2) is 47.0 Å². The molecule has 0 aliphatic carbocycles. The van der Waals surface area contributed by atoms with E-state index in [1.165, 1.54) is 5.56 Å². The van der Waals surface area contributed by atoms with Crippen LogP contribution in [0, 0.1) is 0 Å². The average molecular weight is 421 g/mol. The van der Waals surface area contributed by atoms with Gasteiger partial charge in [-0.3, -0.25) is 4.79 Å². The lowest BCUT2D eigenvalue weighted by Gasteiger charge is -2.16. The second-order valence-corrected chi connectivity index (χ2v) is 8.10. The number of carbonyl (C=O) groups is 1. The van der Waals surface area contributed by atoms with E-state index in [9.17, 15) is 4.79 Å². The van der Waals surface area contributed by atoms with Crippen molar-refractivity contribution < 1.29 is 18.8 Å². The number of ether oxygens (including phenoxy) is 2. The Hall–Kier alpha value is -3.35. The van der Waals surface area contributed by atoms with Gasteiger partial charge in [0.15, 0.2) is 17.3 Å². The van der Waals surface area contributed by atoms with Gasteiger partial charge in [-0.15, -0.1) is 0 Å². The maximum atomic E-state index is 12.6. The Morgan fingerprint density at radius 2 is 1.84 bits per heavy atom. The van der Waals surface area contributed by atoms with Crippen LogP contribution in [0.5, 0.6) is 11.5 Å².